The van der Waals surface area contributed by atoms with Crippen LogP contribution in [0.15, 0.2) is 36.4 Å². The third-order valence-electron chi connectivity index (χ3n) is 7.00. The van der Waals surface area contributed by atoms with Gasteiger partial charge in [0, 0.05) is 24.9 Å². The maximum atomic E-state index is 13.8. The summed E-state index contributed by atoms with van der Waals surface area (Å²) in [7, 11) is 0. The molecule has 0 saturated carbocycles. The monoisotopic (exact) mass is 535 g/mol. The maximum Gasteiger partial charge on any atom is 0.416 e. The smallest absolute Gasteiger partial charge is 0.416 e. The predicted octanol–water partition coefficient (Wildman–Crippen LogP) is 6.62. The van der Waals surface area contributed by atoms with Crippen molar-refractivity contribution in [3.8, 4) is 0 Å². The predicted molar refractivity (Wildman–Crippen MR) is 116 cm³/mol. The zero-order valence-corrected chi connectivity index (χ0v) is 19.7. The van der Waals surface area contributed by atoms with Gasteiger partial charge in [0.15, 0.2) is 6.29 Å². The van der Waals surface area contributed by atoms with Gasteiger partial charge in [0.25, 0.3) is 0 Å². The molecular weight excluding hydrogens is 511 g/mol. The number of fused-ring (bicyclic) bond motifs is 1. The highest BCUT2D eigenvalue weighted by atomic mass is 19.4. The number of rotatable bonds is 4. The zero-order chi connectivity index (χ0) is 27.3. The summed E-state index contributed by atoms with van der Waals surface area (Å²) in [6, 6.07) is 5.26. The molecule has 5 atom stereocenters. The number of ether oxygens (including phenoxy) is 2. The number of halogens is 7. The van der Waals surface area contributed by atoms with E-state index in [0.29, 0.717) is 23.3 Å². The molecule has 1 amide bonds. The van der Waals surface area contributed by atoms with Crippen molar-refractivity contribution in [1.82, 2.24) is 4.90 Å². The van der Waals surface area contributed by atoms with Gasteiger partial charge in [-0.25, -0.2) is 9.18 Å². The highest BCUT2D eigenvalue weighted by Gasteiger charge is 2.48. The molecule has 0 bridgehead atoms. The summed E-state index contributed by atoms with van der Waals surface area (Å²) in [5.41, 5.74) is -2.14. The molecule has 2 aromatic carbocycles. The fourth-order valence-electron chi connectivity index (χ4n) is 5.17. The molecule has 2 fully saturated rings. The Kier molecular flexibility index (Phi) is 7.19. The van der Waals surface area contributed by atoms with E-state index in [4.69, 9.17) is 9.47 Å². The van der Waals surface area contributed by atoms with Gasteiger partial charge in [-0.15, -0.1) is 0 Å². The van der Waals surface area contributed by atoms with Gasteiger partial charge in [-0.1, -0.05) is 6.07 Å². The van der Waals surface area contributed by atoms with Crippen LogP contribution in [0.3, 0.4) is 0 Å². The number of carbonyl (C=O) groups is 1. The van der Waals surface area contributed by atoms with Gasteiger partial charge < -0.3 is 19.5 Å². The van der Waals surface area contributed by atoms with E-state index in [1.165, 1.54) is 30.0 Å². The molecule has 37 heavy (non-hydrogen) atoms. The van der Waals surface area contributed by atoms with Crippen LogP contribution < -0.4 is 0 Å². The number of carboxylic acid groups (broad SMARTS) is 1. The molecule has 2 aliphatic heterocycles. The Morgan fingerprint density at radius 1 is 1.05 bits per heavy atom. The van der Waals surface area contributed by atoms with Crippen LogP contribution in [-0.4, -0.2) is 42.1 Å². The van der Waals surface area contributed by atoms with Gasteiger partial charge in [0.1, 0.15) is 5.82 Å². The van der Waals surface area contributed by atoms with Crippen LogP contribution in [0.25, 0.3) is 0 Å². The molecule has 0 aliphatic carbocycles. The van der Waals surface area contributed by atoms with Crippen LogP contribution in [-0.2, 0) is 21.8 Å². The molecule has 2 aromatic rings. The van der Waals surface area contributed by atoms with Crippen molar-refractivity contribution in [1.29, 1.82) is 0 Å². The Bertz CT molecular complexity index is 1130. The molecule has 4 rings (SSSR count). The number of hydrogen-bond donors (Lipinski definition) is 1. The lowest BCUT2D eigenvalue weighted by Crippen LogP contribution is -2.42. The highest BCUT2D eigenvalue weighted by Crippen LogP contribution is 2.46. The van der Waals surface area contributed by atoms with E-state index in [1.807, 2.05) is 0 Å². The van der Waals surface area contributed by atoms with Crippen molar-refractivity contribution in [2.45, 2.75) is 44.5 Å². The van der Waals surface area contributed by atoms with E-state index in [-0.39, 0.29) is 43.2 Å². The van der Waals surface area contributed by atoms with Crippen LogP contribution in [0.2, 0.25) is 0 Å². The van der Waals surface area contributed by atoms with E-state index in [0.717, 1.165) is 0 Å². The Balaban J connectivity index is 1.70. The lowest BCUT2D eigenvalue weighted by molar-refractivity contribution is -0.217. The second-order valence-corrected chi connectivity index (χ2v) is 9.46. The molecule has 0 unspecified atom stereocenters. The van der Waals surface area contributed by atoms with Crippen molar-refractivity contribution < 1.29 is 50.1 Å². The summed E-state index contributed by atoms with van der Waals surface area (Å²) >= 11 is 0. The lowest BCUT2D eigenvalue weighted by atomic mass is 9.76. The molecule has 0 aromatic heterocycles. The first-order valence-electron chi connectivity index (χ1n) is 11.5. The van der Waals surface area contributed by atoms with Crippen molar-refractivity contribution in [2.75, 3.05) is 19.7 Å². The quantitative estimate of drug-likeness (QED) is 0.448. The lowest BCUT2D eigenvalue weighted by Gasteiger charge is -2.41. The molecule has 2 heterocycles. The summed E-state index contributed by atoms with van der Waals surface area (Å²) in [6.07, 6.45) is -13.5. The number of hydrogen-bond acceptors (Lipinski definition) is 3. The van der Waals surface area contributed by atoms with Gasteiger partial charge in [0.05, 0.1) is 23.8 Å². The van der Waals surface area contributed by atoms with Crippen LogP contribution in [0, 0.1) is 24.6 Å². The largest absolute Gasteiger partial charge is 0.465 e. The zero-order valence-electron chi connectivity index (χ0n) is 19.7. The molecule has 2 saturated heterocycles. The Hall–Kier alpha value is -2.86. The molecular formula is C25H24F7NO4. The number of alkyl halides is 6. The van der Waals surface area contributed by atoms with Crippen LogP contribution in [0.4, 0.5) is 35.5 Å². The van der Waals surface area contributed by atoms with Crippen LogP contribution in [0.1, 0.15) is 46.8 Å². The van der Waals surface area contributed by atoms with Crippen molar-refractivity contribution >= 4 is 6.09 Å². The second-order valence-electron chi connectivity index (χ2n) is 9.46. The van der Waals surface area contributed by atoms with Crippen molar-refractivity contribution in [2.24, 2.45) is 11.8 Å². The van der Waals surface area contributed by atoms with Crippen LogP contribution in [0.5, 0.6) is 0 Å². The molecule has 0 radical (unpaired) electrons. The normalized spacial score (nSPS) is 25.2. The van der Waals surface area contributed by atoms with E-state index in [1.54, 1.807) is 6.92 Å². The number of nitrogens with zero attached hydrogens (tertiary/aromatic N) is 1. The third-order valence-corrected chi connectivity index (χ3v) is 7.00. The Labute approximate surface area is 207 Å². The first-order chi connectivity index (χ1) is 17.1. The average molecular weight is 535 g/mol. The average Bonchev–Trinajstić information content (AvgIpc) is 3.23. The van der Waals surface area contributed by atoms with Crippen molar-refractivity contribution in [3.05, 3.63) is 70.0 Å². The standard InChI is InChI=1S/C25H24F7NO4/c1-12-5-18(26)3-4-19(12)21-20-10-33(23(34)35)9-15(20)11-36-22(21)37-13(2)14-6-16(24(27,28)29)8-17(7-14)25(30,31)32/h3-8,13,15,20-22H,9-11H2,1-2H3,(H,34,35)/t13-,15+,20-,21+,22-/m1/s1. The molecule has 202 valence electrons. The van der Waals surface area contributed by atoms with Gasteiger partial charge >= 0.3 is 18.4 Å². The minimum absolute atomic E-state index is 0.0433. The first-order valence-corrected chi connectivity index (χ1v) is 11.5. The Morgan fingerprint density at radius 3 is 2.22 bits per heavy atom. The molecule has 12 heteroatoms. The topological polar surface area (TPSA) is 59.0 Å². The number of likely N-dealkylation sites (tertiary alicyclic amines) is 1. The summed E-state index contributed by atoms with van der Waals surface area (Å²) in [6.45, 7) is 3.37. The van der Waals surface area contributed by atoms with Gasteiger partial charge in [-0.05, 0) is 66.8 Å². The van der Waals surface area contributed by atoms with Gasteiger partial charge in [-0.3, -0.25) is 0 Å². The third kappa shape index (κ3) is 5.69. The second kappa shape index (κ2) is 9.79. The molecule has 1 N–H and O–H groups in total. The summed E-state index contributed by atoms with van der Waals surface area (Å²) in [5, 5.41) is 9.47. The van der Waals surface area contributed by atoms with Crippen molar-refractivity contribution in [3.63, 3.8) is 0 Å². The van der Waals surface area contributed by atoms with Gasteiger partial charge in [-0.2, -0.15) is 26.3 Å². The number of amides is 1. The molecule has 0 spiro atoms. The highest BCUT2D eigenvalue weighted by molar-refractivity contribution is 5.65. The summed E-state index contributed by atoms with van der Waals surface area (Å²) in [4.78, 5) is 12.8. The molecule has 5 nitrogen and oxygen atoms in total. The summed E-state index contributed by atoms with van der Waals surface area (Å²) < 4.78 is 106. The van der Waals surface area contributed by atoms with E-state index in [9.17, 15) is 40.6 Å². The number of aryl methyl sites for hydroxylation is 1. The Morgan fingerprint density at radius 2 is 1.68 bits per heavy atom. The minimum atomic E-state index is -5.01. The first kappa shape index (κ1) is 27.2. The SMILES string of the molecule is Cc1cc(F)ccc1[C@@H]1[C@@H](O[C@H](C)c2cc(C(F)(F)F)cc(C(F)(F)F)c2)OC[C@@H]2CN(C(=O)O)C[C@H]21. The minimum Gasteiger partial charge on any atom is -0.465 e. The van der Waals surface area contributed by atoms with E-state index in [2.05, 4.69) is 0 Å². The summed E-state index contributed by atoms with van der Waals surface area (Å²) in [5.74, 6) is -1.67. The maximum absolute atomic E-state index is 13.8. The van der Waals surface area contributed by atoms with Gasteiger partial charge in [0.2, 0.25) is 0 Å². The fraction of sp³-hybridized carbons (Fsp3) is 0.480. The number of benzene rings is 2. The fourth-order valence-corrected chi connectivity index (χ4v) is 5.17. The van der Waals surface area contributed by atoms with E-state index < -0.39 is 53.7 Å². The van der Waals surface area contributed by atoms with E-state index >= 15 is 0 Å². The van der Waals surface area contributed by atoms with Crippen LogP contribution >= 0.6 is 0 Å². The molecule has 2 aliphatic rings.